The Bertz CT molecular complexity index is 623. The maximum atomic E-state index is 13.5. The van der Waals surface area contributed by atoms with Crippen molar-refractivity contribution >= 4 is 11.6 Å². The van der Waals surface area contributed by atoms with E-state index in [0.29, 0.717) is 11.6 Å². The highest BCUT2D eigenvalue weighted by Crippen LogP contribution is 2.26. The first-order valence-corrected chi connectivity index (χ1v) is 6.96. The molecule has 0 spiro atoms. The topological polar surface area (TPSA) is 34.1 Å². The van der Waals surface area contributed by atoms with Gasteiger partial charge in [0.05, 0.1) is 5.02 Å². The molecule has 0 fully saturated rings. The molecule has 0 amide bonds. The van der Waals surface area contributed by atoms with Crippen LogP contribution in [0.25, 0.3) is 0 Å². The van der Waals surface area contributed by atoms with Crippen molar-refractivity contribution in [2.24, 2.45) is 0 Å². The Morgan fingerprint density at radius 1 is 1.29 bits per heavy atom. The van der Waals surface area contributed by atoms with Crippen molar-refractivity contribution in [1.29, 1.82) is 0 Å². The van der Waals surface area contributed by atoms with E-state index in [9.17, 15) is 8.78 Å². The number of aromatic nitrogens is 1. The molecule has 2 aromatic rings. The Hall–Kier alpha value is -1.72. The third-order valence-corrected chi connectivity index (χ3v) is 3.10. The first-order valence-electron chi connectivity index (χ1n) is 6.58. The van der Waals surface area contributed by atoms with Crippen LogP contribution in [-0.2, 0) is 6.54 Å². The molecule has 0 saturated carbocycles. The molecule has 2 rings (SSSR count). The van der Waals surface area contributed by atoms with Gasteiger partial charge in [-0.05, 0) is 30.7 Å². The van der Waals surface area contributed by atoms with Crippen LogP contribution >= 0.6 is 11.6 Å². The molecular formula is C15H15ClF2N2O. The smallest absolute Gasteiger partial charge is 0.219 e. The molecule has 1 aromatic carbocycles. The van der Waals surface area contributed by atoms with E-state index >= 15 is 0 Å². The summed E-state index contributed by atoms with van der Waals surface area (Å²) in [5.74, 6) is -1.28. The second-order valence-electron chi connectivity index (χ2n) is 4.47. The molecular weight excluding hydrogens is 298 g/mol. The lowest BCUT2D eigenvalue weighted by molar-refractivity contribution is 0.422. The van der Waals surface area contributed by atoms with Gasteiger partial charge in [-0.25, -0.2) is 13.8 Å². The maximum Gasteiger partial charge on any atom is 0.219 e. The number of nitrogens with one attached hydrogen (secondary N) is 1. The van der Waals surface area contributed by atoms with Crippen LogP contribution in [0.5, 0.6) is 11.6 Å². The average Bonchev–Trinajstić information content (AvgIpc) is 2.46. The Morgan fingerprint density at radius 2 is 2.10 bits per heavy atom. The second kappa shape index (κ2) is 7.33. The van der Waals surface area contributed by atoms with Crippen LogP contribution in [0, 0.1) is 11.6 Å². The van der Waals surface area contributed by atoms with Gasteiger partial charge in [0.1, 0.15) is 5.82 Å². The predicted octanol–water partition coefficient (Wildman–Crippen LogP) is 4.31. The molecule has 0 unspecified atom stereocenters. The zero-order valence-corrected chi connectivity index (χ0v) is 12.3. The summed E-state index contributed by atoms with van der Waals surface area (Å²) < 4.78 is 31.9. The molecule has 0 saturated heterocycles. The maximum absolute atomic E-state index is 13.5. The molecule has 0 aliphatic carbocycles. The van der Waals surface area contributed by atoms with E-state index in [4.69, 9.17) is 16.3 Å². The van der Waals surface area contributed by atoms with Gasteiger partial charge in [0, 0.05) is 24.9 Å². The largest absolute Gasteiger partial charge is 0.436 e. The first-order chi connectivity index (χ1) is 10.1. The van der Waals surface area contributed by atoms with Crippen molar-refractivity contribution < 1.29 is 13.5 Å². The van der Waals surface area contributed by atoms with Crippen molar-refractivity contribution in [2.75, 3.05) is 6.54 Å². The summed E-state index contributed by atoms with van der Waals surface area (Å²) in [6, 6.07) is 4.61. The molecule has 3 nitrogen and oxygen atoms in total. The van der Waals surface area contributed by atoms with E-state index < -0.39 is 11.6 Å². The number of halogens is 3. The number of nitrogens with zero attached hydrogens (tertiary/aromatic N) is 1. The van der Waals surface area contributed by atoms with E-state index in [0.717, 1.165) is 36.7 Å². The van der Waals surface area contributed by atoms with E-state index in [2.05, 4.69) is 17.2 Å². The highest BCUT2D eigenvalue weighted by Gasteiger charge is 2.09. The number of ether oxygens (including phenoxy) is 1. The molecule has 0 aliphatic heterocycles. The van der Waals surface area contributed by atoms with Crippen molar-refractivity contribution in [1.82, 2.24) is 10.3 Å². The molecule has 0 atom stereocenters. The van der Waals surface area contributed by atoms with Gasteiger partial charge in [0.25, 0.3) is 0 Å². The highest BCUT2D eigenvalue weighted by atomic mass is 35.5. The lowest BCUT2D eigenvalue weighted by Crippen LogP contribution is -2.14. The van der Waals surface area contributed by atoms with Crippen molar-refractivity contribution in [3.63, 3.8) is 0 Å². The molecule has 0 bridgehead atoms. The normalized spacial score (nSPS) is 10.7. The van der Waals surface area contributed by atoms with Gasteiger partial charge in [-0.1, -0.05) is 18.5 Å². The predicted molar refractivity (Wildman–Crippen MR) is 77.7 cm³/mol. The Balaban J connectivity index is 2.16. The van der Waals surface area contributed by atoms with Gasteiger partial charge in [-0.15, -0.1) is 0 Å². The highest BCUT2D eigenvalue weighted by molar-refractivity contribution is 6.31. The van der Waals surface area contributed by atoms with Crippen LogP contribution in [0.15, 0.2) is 30.5 Å². The summed E-state index contributed by atoms with van der Waals surface area (Å²) in [5, 5.41) is 3.69. The SMILES string of the molecule is CCCNCc1cc(Oc2cc(F)ccc2F)ncc1Cl. The fraction of sp³-hybridized carbons (Fsp3) is 0.267. The Morgan fingerprint density at radius 3 is 2.86 bits per heavy atom. The third kappa shape index (κ3) is 4.37. The van der Waals surface area contributed by atoms with Crippen LogP contribution in [0.1, 0.15) is 18.9 Å². The molecule has 1 heterocycles. The fourth-order valence-corrected chi connectivity index (χ4v) is 1.89. The minimum atomic E-state index is -0.654. The number of benzene rings is 1. The summed E-state index contributed by atoms with van der Waals surface area (Å²) in [7, 11) is 0. The van der Waals surface area contributed by atoms with E-state index in [1.807, 2.05) is 0 Å². The number of pyridine rings is 1. The summed E-state index contributed by atoms with van der Waals surface area (Å²) in [6.07, 6.45) is 2.43. The molecule has 0 radical (unpaired) electrons. The molecule has 6 heteroatoms. The summed E-state index contributed by atoms with van der Waals surface area (Å²) in [5.41, 5.74) is 0.784. The van der Waals surface area contributed by atoms with Gasteiger partial charge >= 0.3 is 0 Å². The van der Waals surface area contributed by atoms with Crippen LogP contribution in [0.3, 0.4) is 0 Å². The van der Waals surface area contributed by atoms with Crippen LogP contribution in [0.4, 0.5) is 8.78 Å². The monoisotopic (exact) mass is 312 g/mol. The van der Waals surface area contributed by atoms with E-state index in [-0.39, 0.29) is 11.6 Å². The van der Waals surface area contributed by atoms with Crippen molar-refractivity contribution in [2.45, 2.75) is 19.9 Å². The summed E-state index contributed by atoms with van der Waals surface area (Å²) in [6.45, 7) is 3.47. The quantitative estimate of drug-likeness (QED) is 0.807. The zero-order chi connectivity index (χ0) is 15.2. The second-order valence-corrected chi connectivity index (χ2v) is 4.87. The van der Waals surface area contributed by atoms with E-state index in [1.54, 1.807) is 6.07 Å². The van der Waals surface area contributed by atoms with Crippen LogP contribution in [-0.4, -0.2) is 11.5 Å². The summed E-state index contributed by atoms with van der Waals surface area (Å²) in [4.78, 5) is 3.96. The molecule has 112 valence electrons. The van der Waals surface area contributed by atoms with E-state index in [1.165, 1.54) is 6.20 Å². The number of rotatable bonds is 6. The Kier molecular flexibility index (Phi) is 5.47. The van der Waals surface area contributed by atoms with Crippen LogP contribution in [0.2, 0.25) is 5.02 Å². The average molecular weight is 313 g/mol. The third-order valence-electron chi connectivity index (χ3n) is 2.76. The lowest BCUT2D eigenvalue weighted by atomic mass is 10.2. The summed E-state index contributed by atoms with van der Waals surface area (Å²) >= 11 is 6.04. The minimum Gasteiger partial charge on any atom is -0.436 e. The van der Waals surface area contributed by atoms with Crippen LogP contribution < -0.4 is 10.1 Å². The van der Waals surface area contributed by atoms with Gasteiger partial charge in [-0.3, -0.25) is 0 Å². The standard InChI is InChI=1S/C15H15ClF2N2O/c1-2-5-19-8-10-6-15(20-9-12(10)16)21-14-7-11(17)3-4-13(14)18/h3-4,6-7,9,19H,2,5,8H2,1H3. The van der Waals surface area contributed by atoms with Gasteiger partial charge in [0.15, 0.2) is 11.6 Å². The molecule has 1 N–H and O–H groups in total. The zero-order valence-electron chi connectivity index (χ0n) is 11.5. The van der Waals surface area contributed by atoms with Gasteiger partial charge < -0.3 is 10.1 Å². The van der Waals surface area contributed by atoms with Gasteiger partial charge in [0.2, 0.25) is 5.88 Å². The Labute approximate surface area is 126 Å². The molecule has 21 heavy (non-hydrogen) atoms. The number of hydrogen-bond donors (Lipinski definition) is 1. The van der Waals surface area contributed by atoms with Crippen molar-refractivity contribution in [3.8, 4) is 11.6 Å². The minimum absolute atomic E-state index is 0.164. The van der Waals surface area contributed by atoms with Crippen molar-refractivity contribution in [3.05, 3.63) is 52.7 Å². The lowest BCUT2D eigenvalue weighted by Gasteiger charge is -2.09. The molecule has 0 aliphatic rings. The van der Waals surface area contributed by atoms with Gasteiger partial charge in [-0.2, -0.15) is 0 Å². The first kappa shape index (κ1) is 15.7. The number of hydrogen-bond acceptors (Lipinski definition) is 3. The fourth-order valence-electron chi connectivity index (χ4n) is 1.72. The molecule has 1 aromatic heterocycles.